The number of halogens is 1. The molecule has 0 saturated carbocycles. The molecule has 1 atom stereocenters. The third kappa shape index (κ3) is 6.82. The largest absolute Gasteiger partial charge is 0.483 e. The van der Waals surface area contributed by atoms with Crippen LogP contribution in [0.25, 0.3) is 0 Å². The molecule has 118 valence electrons. The fourth-order valence-electron chi connectivity index (χ4n) is 1.87. The summed E-state index contributed by atoms with van der Waals surface area (Å²) in [5.41, 5.74) is 6.65. The summed E-state index contributed by atoms with van der Waals surface area (Å²) < 4.78 is 5.62. The molecule has 1 aromatic carbocycles. The van der Waals surface area contributed by atoms with E-state index >= 15 is 0 Å². The van der Waals surface area contributed by atoms with Gasteiger partial charge in [-0.05, 0) is 57.4 Å². The van der Waals surface area contributed by atoms with Crippen LogP contribution in [0.1, 0.15) is 39.7 Å². The number of hydrogen-bond donors (Lipinski definition) is 2. The summed E-state index contributed by atoms with van der Waals surface area (Å²) in [4.78, 5) is 11.8. The normalized spacial score (nSPS) is 12.9. The van der Waals surface area contributed by atoms with E-state index in [0.29, 0.717) is 17.2 Å². The molecule has 0 heterocycles. The highest BCUT2D eigenvalue weighted by Gasteiger charge is 2.15. The second kappa shape index (κ2) is 7.66. The lowest BCUT2D eigenvalue weighted by Crippen LogP contribution is -2.43. The van der Waals surface area contributed by atoms with Crippen molar-refractivity contribution in [2.75, 3.05) is 6.61 Å². The van der Waals surface area contributed by atoms with Gasteiger partial charge in [-0.15, -0.1) is 0 Å². The van der Waals surface area contributed by atoms with Gasteiger partial charge in [0.25, 0.3) is 5.91 Å². The van der Waals surface area contributed by atoms with Crippen molar-refractivity contribution in [1.82, 2.24) is 5.32 Å². The Morgan fingerprint density at radius 3 is 2.67 bits per heavy atom. The molecule has 1 amide bonds. The van der Waals surface area contributed by atoms with Gasteiger partial charge in [-0.2, -0.15) is 0 Å². The van der Waals surface area contributed by atoms with Gasteiger partial charge in [0.2, 0.25) is 0 Å². The first kappa shape index (κ1) is 17.8. The number of nitrogens with one attached hydrogen (secondary N) is 1. The van der Waals surface area contributed by atoms with E-state index in [1.807, 2.05) is 33.8 Å². The van der Waals surface area contributed by atoms with E-state index in [4.69, 9.17) is 22.1 Å². The molecule has 1 aromatic rings. The van der Waals surface area contributed by atoms with Crippen molar-refractivity contribution in [2.45, 2.75) is 52.1 Å². The molecule has 0 aliphatic heterocycles. The lowest BCUT2D eigenvalue weighted by Gasteiger charge is -2.21. The minimum absolute atomic E-state index is 0.0206. The Balaban J connectivity index is 2.72. The van der Waals surface area contributed by atoms with Crippen molar-refractivity contribution in [1.29, 1.82) is 0 Å². The van der Waals surface area contributed by atoms with E-state index in [9.17, 15) is 4.79 Å². The highest BCUT2D eigenvalue weighted by Crippen LogP contribution is 2.24. The molecule has 0 fully saturated rings. The molecule has 1 rings (SSSR count). The summed E-state index contributed by atoms with van der Waals surface area (Å²) in [6, 6.07) is 5.42. The summed E-state index contributed by atoms with van der Waals surface area (Å²) >= 11 is 6.02. The first-order chi connectivity index (χ1) is 9.71. The molecule has 0 spiro atoms. The number of rotatable bonds is 6. The molecule has 3 N–H and O–H groups in total. The van der Waals surface area contributed by atoms with Crippen LogP contribution in [-0.4, -0.2) is 24.1 Å². The van der Waals surface area contributed by atoms with Crippen molar-refractivity contribution >= 4 is 17.5 Å². The van der Waals surface area contributed by atoms with Crippen LogP contribution in [0.3, 0.4) is 0 Å². The fraction of sp³-hybridized carbons (Fsp3) is 0.562. The Morgan fingerprint density at radius 1 is 1.43 bits per heavy atom. The van der Waals surface area contributed by atoms with Crippen molar-refractivity contribution in [3.63, 3.8) is 0 Å². The number of benzene rings is 1. The van der Waals surface area contributed by atoms with Gasteiger partial charge in [-0.1, -0.05) is 18.5 Å². The molecule has 21 heavy (non-hydrogen) atoms. The van der Waals surface area contributed by atoms with Crippen LogP contribution in [0.2, 0.25) is 5.02 Å². The second-order valence-corrected chi connectivity index (χ2v) is 6.65. The highest BCUT2D eigenvalue weighted by atomic mass is 35.5. The number of amides is 1. The van der Waals surface area contributed by atoms with Crippen LogP contribution < -0.4 is 15.8 Å². The maximum absolute atomic E-state index is 11.8. The Kier molecular flexibility index (Phi) is 6.49. The summed E-state index contributed by atoms with van der Waals surface area (Å²) in [6.07, 6.45) is 1.55. The topological polar surface area (TPSA) is 64.3 Å². The summed E-state index contributed by atoms with van der Waals surface area (Å²) in [5.74, 6) is 0.510. The maximum atomic E-state index is 11.8. The highest BCUT2D eigenvalue weighted by molar-refractivity contribution is 6.30. The van der Waals surface area contributed by atoms with Gasteiger partial charge in [0.15, 0.2) is 6.61 Å². The predicted molar refractivity (Wildman–Crippen MR) is 86.8 cm³/mol. The molecule has 0 saturated heterocycles. The lowest BCUT2D eigenvalue weighted by atomic mass is 10.0. The summed E-state index contributed by atoms with van der Waals surface area (Å²) in [6.45, 7) is 7.80. The zero-order valence-corrected chi connectivity index (χ0v) is 14.0. The van der Waals surface area contributed by atoms with Crippen molar-refractivity contribution in [3.8, 4) is 5.75 Å². The molecule has 5 heteroatoms. The maximum Gasteiger partial charge on any atom is 0.258 e. The SMILES string of the molecule is CCC(N)Cc1cc(Cl)ccc1OCC(=O)NC(C)(C)C. The summed E-state index contributed by atoms with van der Waals surface area (Å²) in [7, 11) is 0. The van der Waals surface area contributed by atoms with Crippen LogP contribution in [0.15, 0.2) is 18.2 Å². The molecule has 0 bridgehead atoms. The molecule has 1 unspecified atom stereocenters. The summed E-state index contributed by atoms with van der Waals surface area (Å²) in [5, 5.41) is 3.50. The number of carbonyl (C=O) groups excluding carboxylic acids is 1. The number of nitrogens with two attached hydrogens (primary N) is 1. The van der Waals surface area contributed by atoms with Crippen LogP contribution in [0.5, 0.6) is 5.75 Å². The minimum Gasteiger partial charge on any atom is -0.483 e. The lowest BCUT2D eigenvalue weighted by molar-refractivity contribution is -0.124. The van der Waals surface area contributed by atoms with Crippen molar-refractivity contribution < 1.29 is 9.53 Å². The molecule has 0 radical (unpaired) electrons. The molecule has 0 aliphatic carbocycles. The van der Waals surface area contributed by atoms with Gasteiger partial charge < -0.3 is 15.8 Å². The average molecular weight is 313 g/mol. The molecular weight excluding hydrogens is 288 g/mol. The van der Waals surface area contributed by atoms with Gasteiger partial charge >= 0.3 is 0 Å². The first-order valence-electron chi connectivity index (χ1n) is 7.19. The molecule has 0 aromatic heterocycles. The number of ether oxygens (including phenoxy) is 1. The van der Waals surface area contributed by atoms with Gasteiger partial charge in [0.05, 0.1) is 0 Å². The van der Waals surface area contributed by atoms with E-state index in [0.717, 1.165) is 12.0 Å². The van der Waals surface area contributed by atoms with Crippen LogP contribution in [0.4, 0.5) is 0 Å². The Bertz CT molecular complexity index is 484. The van der Waals surface area contributed by atoms with Gasteiger partial charge in [0.1, 0.15) is 5.75 Å². The number of hydrogen-bond acceptors (Lipinski definition) is 3. The standard InChI is InChI=1S/C16H25ClN2O2/c1-5-13(18)9-11-8-12(17)6-7-14(11)21-10-15(20)19-16(2,3)4/h6-8,13H,5,9-10,18H2,1-4H3,(H,19,20). The van der Waals surface area contributed by atoms with Gasteiger partial charge in [-0.3, -0.25) is 4.79 Å². The van der Waals surface area contributed by atoms with Crippen molar-refractivity contribution in [3.05, 3.63) is 28.8 Å². The van der Waals surface area contributed by atoms with E-state index in [1.165, 1.54) is 0 Å². The fourth-order valence-corrected chi connectivity index (χ4v) is 2.07. The monoisotopic (exact) mass is 312 g/mol. The Labute approximate surface area is 132 Å². The Morgan fingerprint density at radius 2 is 2.10 bits per heavy atom. The zero-order chi connectivity index (χ0) is 16.0. The third-order valence-corrected chi connectivity index (χ3v) is 3.14. The second-order valence-electron chi connectivity index (χ2n) is 6.21. The van der Waals surface area contributed by atoms with Crippen molar-refractivity contribution in [2.24, 2.45) is 5.73 Å². The van der Waals surface area contributed by atoms with E-state index in [2.05, 4.69) is 5.32 Å². The Hall–Kier alpha value is -1.26. The van der Waals surface area contributed by atoms with Crippen LogP contribution in [0, 0.1) is 0 Å². The molecule has 4 nitrogen and oxygen atoms in total. The van der Waals surface area contributed by atoms with Gasteiger partial charge in [-0.25, -0.2) is 0 Å². The van der Waals surface area contributed by atoms with Gasteiger partial charge in [0, 0.05) is 16.6 Å². The minimum atomic E-state index is -0.270. The third-order valence-electron chi connectivity index (χ3n) is 2.90. The first-order valence-corrected chi connectivity index (χ1v) is 7.57. The van der Waals surface area contributed by atoms with E-state index in [1.54, 1.807) is 12.1 Å². The van der Waals surface area contributed by atoms with Crippen LogP contribution in [-0.2, 0) is 11.2 Å². The van der Waals surface area contributed by atoms with E-state index < -0.39 is 0 Å². The smallest absolute Gasteiger partial charge is 0.258 e. The van der Waals surface area contributed by atoms with E-state index in [-0.39, 0.29) is 24.1 Å². The predicted octanol–water partition coefficient (Wildman–Crippen LogP) is 2.91. The van der Waals surface area contributed by atoms with Crippen LogP contribution >= 0.6 is 11.6 Å². The zero-order valence-electron chi connectivity index (χ0n) is 13.2. The molecular formula is C16H25ClN2O2. The number of carbonyl (C=O) groups is 1. The quantitative estimate of drug-likeness (QED) is 0.849. The average Bonchev–Trinajstić information content (AvgIpc) is 2.35. The molecule has 0 aliphatic rings.